The smallest absolute Gasteiger partial charge is 0.267 e. The standard InChI is InChI=1S/C24H22N6O3/c25-22(31)19-5-10-27-24(29-19)30-12-7-17(8-13-30)28-23(32)16-3-1-15(2-4-16)21-18-9-14-33-20(18)6-11-26-21/h1-6,9-11,14,17H,7-8,12-13H2,(H2,25,31)(H,28,32). The number of anilines is 1. The number of nitrogens with two attached hydrogens (primary N) is 1. The first kappa shape index (κ1) is 20.6. The number of carbonyl (C=O) groups is 2. The summed E-state index contributed by atoms with van der Waals surface area (Å²) in [5, 5.41) is 4.05. The van der Waals surface area contributed by atoms with E-state index in [1.54, 1.807) is 12.5 Å². The molecule has 1 aromatic carbocycles. The van der Waals surface area contributed by atoms with Gasteiger partial charge in [-0.1, -0.05) is 12.1 Å². The van der Waals surface area contributed by atoms with Crippen LogP contribution >= 0.6 is 0 Å². The van der Waals surface area contributed by atoms with Crippen LogP contribution in [0.2, 0.25) is 0 Å². The van der Waals surface area contributed by atoms with E-state index in [0.29, 0.717) is 24.6 Å². The van der Waals surface area contributed by atoms with Crippen LogP contribution < -0.4 is 16.0 Å². The third-order valence-corrected chi connectivity index (χ3v) is 5.81. The first-order valence-corrected chi connectivity index (χ1v) is 10.7. The second kappa shape index (κ2) is 8.70. The largest absolute Gasteiger partial charge is 0.464 e. The van der Waals surface area contributed by atoms with Gasteiger partial charge in [-0.3, -0.25) is 14.6 Å². The van der Waals surface area contributed by atoms with Crippen LogP contribution in [-0.4, -0.2) is 45.9 Å². The molecule has 2 amide bonds. The van der Waals surface area contributed by atoms with Gasteiger partial charge < -0.3 is 20.4 Å². The summed E-state index contributed by atoms with van der Waals surface area (Å²) in [7, 11) is 0. The number of carbonyl (C=O) groups excluding carboxylic acids is 2. The second-order valence-corrected chi connectivity index (χ2v) is 7.91. The normalized spacial score (nSPS) is 14.4. The molecule has 0 radical (unpaired) electrons. The predicted molar refractivity (Wildman–Crippen MR) is 123 cm³/mol. The van der Waals surface area contributed by atoms with Crippen LogP contribution in [0.1, 0.15) is 33.7 Å². The van der Waals surface area contributed by atoms with Crippen molar-refractivity contribution in [3.63, 3.8) is 0 Å². The van der Waals surface area contributed by atoms with Gasteiger partial charge in [-0.25, -0.2) is 9.97 Å². The van der Waals surface area contributed by atoms with E-state index in [9.17, 15) is 9.59 Å². The van der Waals surface area contributed by atoms with Crippen molar-refractivity contribution in [3.8, 4) is 11.3 Å². The lowest BCUT2D eigenvalue weighted by Gasteiger charge is -2.32. The van der Waals surface area contributed by atoms with Crippen LogP contribution in [0.15, 0.2) is 65.5 Å². The van der Waals surface area contributed by atoms with Crippen molar-refractivity contribution < 1.29 is 14.0 Å². The zero-order valence-electron chi connectivity index (χ0n) is 17.8. The number of aromatic nitrogens is 3. The third kappa shape index (κ3) is 4.25. The molecule has 9 nitrogen and oxygen atoms in total. The number of piperidine rings is 1. The Morgan fingerprint density at radius 3 is 2.52 bits per heavy atom. The zero-order valence-corrected chi connectivity index (χ0v) is 17.8. The van der Waals surface area contributed by atoms with Gasteiger partial charge in [-0.2, -0.15) is 0 Å². The molecule has 166 valence electrons. The molecule has 4 aromatic rings. The van der Waals surface area contributed by atoms with E-state index in [1.165, 1.54) is 12.3 Å². The fourth-order valence-electron chi connectivity index (χ4n) is 4.03. The summed E-state index contributed by atoms with van der Waals surface area (Å²) in [4.78, 5) is 39.0. The Labute approximate surface area is 189 Å². The van der Waals surface area contributed by atoms with E-state index < -0.39 is 5.91 Å². The van der Waals surface area contributed by atoms with Crippen molar-refractivity contribution in [2.45, 2.75) is 18.9 Å². The Hall–Kier alpha value is -4.27. The van der Waals surface area contributed by atoms with Crippen molar-refractivity contribution in [3.05, 3.63) is 72.4 Å². The summed E-state index contributed by atoms with van der Waals surface area (Å²) in [5.74, 6) is -0.210. The molecular formula is C24H22N6O3. The van der Waals surface area contributed by atoms with Gasteiger partial charge in [0.05, 0.1) is 12.0 Å². The van der Waals surface area contributed by atoms with Gasteiger partial charge in [-0.15, -0.1) is 0 Å². The van der Waals surface area contributed by atoms with Crippen LogP contribution in [-0.2, 0) is 0 Å². The molecule has 0 atom stereocenters. The SMILES string of the molecule is NC(=O)c1ccnc(N2CCC(NC(=O)c3ccc(-c4nccc5occc45)cc3)CC2)n1. The highest BCUT2D eigenvalue weighted by molar-refractivity contribution is 5.96. The molecule has 1 fully saturated rings. The number of fused-ring (bicyclic) bond motifs is 1. The molecule has 5 rings (SSSR count). The summed E-state index contributed by atoms with van der Waals surface area (Å²) in [6.07, 6.45) is 6.39. The Morgan fingerprint density at radius 1 is 1.00 bits per heavy atom. The Morgan fingerprint density at radius 2 is 1.76 bits per heavy atom. The molecule has 3 aromatic heterocycles. The maximum atomic E-state index is 12.8. The first-order valence-electron chi connectivity index (χ1n) is 10.7. The molecule has 9 heteroatoms. The lowest BCUT2D eigenvalue weighted by molar-refractivity contribution is 0.0929. The average molecular weight is 442 g/mol. The minimum absolute atomic E-state index is 0.0501. The van der Waals surface area contributed by atoms with Gasteiger partial charge in [0.1, 0.15) is 11.3 Å². The molecule has 0 bridgehead atoms. The molecule has 33 heavy (non-hydrogen) atoms. The van der Waals surface area contributed by atoms with Gasteiger partial charge in [0.25, 0.3) is 11.8 Å². The van der Waals surface area contributed by atoms with E-state index in [0.717, 1.165) is 35.1 Å². The van der Waals surface area contributed by atoms with E-state index in [1.807, 2.05) is 41.3 Å². The quantitative estimate of drug-likeness (QED) is 0.486. The summed E-state index contributed by atoms with van der Waals surface area (Å²) in [6, 6.07) is 12.7. The number of rotatable bonds is 5. The molecule has 1 saturated heterocycles. The summed E-state index contributed by atoms with van der Waals surface area (Å²) < 4.78 is 5.44. The number of primary amides is 1. The van der Waals surface area contributed by atoms with Gasteiger partial charge >= 0.3 is 0 Å². The highest BCUT2D eigenvalue weighted by Crippen LogP contribution is 2.27. The van der Waals surface area contributed by atoms with Crippen LogP contribution in [0.25, 0.3) is 22.2 Å². The number of nitrogens with one attached hydrogen (secondary N) is 1. The highest BCUT2D eigenvalue weighted by Gasteiger charge is 2.23. The average Bonchev–Trinajstić information content (AvgIpc) is 3.34. The molecule has 0 spiro atoms. The Kier molecular flexibility index (Phi) is 5.43. The number of pyridine rings is 1. The monoisotopic (exact) mass is 442 g/mol. The van der Waals surface area contributed by atoms with Crippen molar-refractivity contribution in [1.29, 1.82) is 0 Å². The number of benzene rings is 1. The van der Waals surface area contributed by atoms with Crippen molar-refractivity contribution in [2.24, 2.45) is 5.73 Å². The fourth-order valence-corrected chi connectivity index (χ4v) is 4.03. The van der Waals surface area contributed by atoms with E-state index in [-0.39, 0.29) is 17.6 Å². The summed E-state index contributed by atoms with van der Waals surface area (Å²) in [5.41, 5.74) is 8.61. The Bertz CT molecular complexity index is 1310. The molecule has 3 N–H and O–H groups in total. The molecule has 4 heterocycles. The summed E-state index contributed by atoms with van der Waals surface area (Å²) in [6.45, 7) is 1.35. The van der Waals surface area contributed by atoms with E-state index >= 15 is 0 Å². The Balaban J connectivity index is 1.21. The second-order valence-electron chi connectivity index (χ2n) is 7.91. The topological polar surface area (TPSA) is 127 Å². The first-order chi connectivity index (χ1) is 16.1. The lowest BCUT2D eigenvalue weighted by atomic mass is 10.0. The zero-order chi connectivity index (χ0) is 22.8. The van der Waals surface area contributed by atoms with Crippen LogP contribution in [0.4, 0.5) is 5.95 Å². The third-order valence-electron chi connectivity index (χ3n) is 5.81. The summed E-state index contributed by atoms with van der Waals surface area (Å²) >= 11 is 0. The van der Waals surface area contributed by atoms with Crippen molar-refractivity contribution in [1.82, 2.24) is 20.3 Å². The highest BCUT2D eigenvalue weighted by atomic mass is 16.3. The van der Waals surface area contributed by atoms with E-state index in [2.05, 4.69) is 20.3 Å². The van der Waals surface area contributed by atoms with Crippen LogP contribution in [0.3, 0.4) is 0 Å². The van der Waals surface area contributed by atoms with Gasteiger partial charge in [0, 0.05) is 48.0 Å². The van der Waals surface area contributed by atoms with E-state index in [4.69, 9.17) is 10.2 Å². The minimum Gasteiger partial charge on any atom is -0.464 e. The van der Waals surface area contributed by atoms with Crippen molar-refractivity contribution in [2.75, 3.05) is 18.0 Å². The minimum atomic E-state index is -0.580. The fraction of sp³-hybridized carbons (Fsp3) is 0.208. The predicted octanol–water partition coefficient (Wildman–Crippen LogP) is 2.78. The number of furan rings is 1. The molecule has 1 aliphatic heterocycles. The molecule has 0 saturated carbocycles. The molecular weight excluding hydrogens is 420 g/mol. The maximum absolute atomic E-state index is 12.8. The van der Waals surface area contributed by atoms with Crippen LogP contribution in [0, 0.1) is 0 Å². The number of hydrogen-bond acceptors (Lipinski definition) is 7. The molecule has 1 aliphatic rings. The van der Waals surface area contributed by atoms with Gasteiger partial charge in [0.2, 0.25) is 5.95 Å². The van der Waals surface area contributed by atoms with Crippen LogP contribution in [0.5, 0.6) is 0 Å². The molecule has 0 aliphatic carbocycles. The van der Waals surface area contributed by atoms with Gasteiger partial charge in [0.15, 0.2) is 0 Å². The molecule has 0 unspecified atom stereocenters. The van der Waals surface area contributed by atoms with Crippen molar-refractivity contribution >= 4 is 28.7 Å². The number of nitrogens with zero attached hydrogens (tertiary/aromatic N) is 4. The number of amides is 2. The van der Waals surface area contributed by atoms with Gasteiger partial charge in [-0.05, 0) is 43.2 Å². The number of hydrogen-bond donors (Lipinski definition) is 2. The lowest BCUT2D eigenvalue weighted by Crippen LogP contribution is -2.45. The maximum Gasteiger partial charge on any atom is 0.267 e.